The Morgan fingerprint density at radius 3 is 2.90 bits per heavy atom. The molecule has 1 atom stereocenters. The van der Waals surface area contributed by atoms with Gasteiger partial charge in [-0.1, -0.05) is 0 Å². The van der Waals surface area contributed by atoms with E-state index >= 15 is 0 Å². The van der Waals surface area contributed by atoms with Gasteiger partial charge in [-0.05, 0) is 42.7 Å². The fraction of sp³-hybridized carbons (Fsp3) is 0.286. The maximum atomic E-state index is 13.5. The minimum absolute atomic E-state index is 0.137. The number of aromatic nitrogens is 2. The normalized spacial score (nSPS) is 17.8. The summed E-state index contributed by atoms with van der Waals surface area (Å²) in [5.41, 5.74) is 1.40. The van der Waals surface area contributed by atoms with Gasteiger partial charge in [-0.2, -0.15) is 4.39 Å². The molecule has 0 aliphatic carbocycles. The molecule has 3 aromatic rings. The fourth-order valence-corrected chi connectivity index (χ4v) is 4.18. The van der Waals surface area contributed by atoms with Crippen LogP contribution < -0.4 is 20.1 Å². The van der Waals surface area contributed by atoms with Crippen molar-refractivity contribution in [3.05, 3.63) is 59.1 Å². The number of hydrogen-bond donors (Lipinski definition) is 2. The van der Waals surface area contributed by atoms with Crippen molar-refractivity contribution < 1.29 is 18.7 Å². The van der Waals surface area contributed by atoms with Crippen molar-refractivity contribution in [2.45, 2.75) is 25.3 Å². The zero-order valence-electron chi connectivity index (χ0n) is 16.6. The molecule has 1 amide bonds. The Kier molecular flexibility index (Phi) is 5.65. The van der Waals surface area contributed by atoms with Gasteiger partial charge in [0.05, 0.1) is 7.11 Å². The summed E-state index contributed by atoms with van der Waals surface area (Å²) in [6, 6.07) is 6.55. The number of thiazole rings is 1. The summed E-state index contributed by atoms with van der Waals surface area (Å²) in [5, 5.41) is 8.66. The van der Waals surface area contributed by atoms with Crippen molar-refractivity contribution in [3.63, 3.8) is 0 Å². The van der Waals surface area contributed by atoms with Gasteiger partial charge in [0.25, 0.3) is 0 Å². The van der Waals surface area contributed by atoms with Gasteiger partial charge in [0, 0.05) is 42.3 Å². The van der Waals surface area contributed by atoms with Gasteiger partial charge >= 0.3 is 0 Å². The summed E-state index contributed by atoms with van der Waals surface area (Å²) in [6.45, 7) is 2.71. The van der Waals surface area contributed by atoms with Crippen LogP contribution in [0.4, 0.5) is 9.52 Å². The third-order valence-electron chi connectivity index (χ3n) is 5.01. The summed E-state index contributed by atoms with van der Waals surface area (Å²) >= 11 is 1.37. The predicted molar refractivity (Wildman–Crippen MR) is 112 cm³/mol. The lowest BCUT2D eigenvalue weighted by Crippen LogP contribution is -2.47. The predicted octanol–water partition coefficient (Wildman–Crippen LogP) is 3.87. The van der Waals surface area contributed by atoms with Crippen molar-refractivity contribution in [2.24, 2.45) is 0 Å². The highest BCUT2D eigenvalue weighted by Gasteiger charge is 2.35. The second kappa shape index (κ2) is 8.37. The Balaban J connectivity index is 1.64. The number of fused-ring (bicyclic) bond motifs is 1. The summed E-state index contributed by atoms with van der Waals surface area (Å²) in [4.78, 5) is 20.3. The summed E-state index contributed by atoms with van der Waals surface area (Å²) in [5.74, 6) is 0.532. The van der Waals surface area contributed by atoms with E-state index < -0.39 is 11.5 Å². The van der Waals surface area contributed by atoms with Crippen LogP contribution in [0.15, 0.2) is 42.0 Å². The minimum Gasteiger partial charge on any atom is -0.493 e. The number of nitrogens with one attached hydrogen (secondary N) is 2. The molecule has 2 aromatic heterocycles. The lowest BCUT2D eigenvalue weighted by atomic mass is 9.81. The number of carbonyl (C=O) groups excluding carboxylic acids is 1. The topological polar surface area (TPSA) is 85.4 Å². The van der Waals surface area contributed by atoms with E-state index in [1.165, 1.54) is 23.6 Å². The van der Waals surface area contributed by atoms with Crippen LogP contribution in [-0.2, 0) is 16.8 Å². The zero-order chi connectivity index (χ0) is 21.1. The second-order valence-electron chi connectivity index (χ2n) is 7.15. The summed E-state index contributed by atoms with van der Waals surface area (Å²) in [6.07, 6.45) is 3.99. The minimum atomic E-state index is -0.630. The second-order valence-corrected chi connectivity index (χ2v) is 8.04. The van der Waals surface area contributed by atoms with Crippen LogP contribution in [0.2, 0.25) is 0 Å². The summed E-state index contributed by atoms with van der Waals surface area (Å²) in [7, 11) is 1.56. The molecule has 1 aliphatic heterocycles. The molecule has 0 spiro atoms. The first kappa shape index (κ1) is 20.2. The SMILES string of the molecule is COc1cc2c(cc1Oc1ccnc(F)c1)C(C)(CC(=O)Nc1nccs1)NCC2. The molecule has 0 bridgehead atoms. The number of carbonyl (C=O) groups is 1. The van der Waals surface area contributed by atoms with E-state index in [-0.39, 0.29) is 12.3 Å². The van der Waals surface area contributed by atoms with Crippen LogP contribution in [0.25, 0.3) is 0 Å². The molecule has 156 valence electrons. The van der Waals surface area contributed by atoms with Crippen molar-refractivity contribution >= 4 is 22.4 Å². The maximum absolute atomic E-state index is 13.5. The number of nitrogens with zero attached hydrogens (tertiary/aromatic N) is 2. The standard InChI is InChI=1S/C21H21FN4O3S/c1-21(12-19(27)26-20-24-7-8-30-20)15-11-17(29-14-4-5-23-18(22)10-14)16(28-2)9-13(15)3-6-25-21/h4-5,7-11,25H,3,6,12H2,1-2H3,(H,24,26,27). The molecule has 1 aliphatic rings. The van der Waals surface area contributed by atoms with E-state index in [1.54, 1.807) is 19.4 Å². The van der Waals surface area contributed by atoms with Crippen LogP contribution in [0, 0.1) is 5.95 Å². The molecule has 7 nitrogen and oxygen atoms in total. The van der Waals surface area contributed by atoms with Crippen LogP contribution in [0.5, 0.6) is 17.2 Å². The number of halogens is 1. The molecular weight excluding hydrogens is 407 g/mol. The maximum Gasteiger partial charge on any atom is 0.228 e. The number of benzene rings is 1. The third-order valence-corrected chi connectivity index (χ3v) is 5.70. The first-order chi connectivity index (χ1) is 14.5. The van der Waals surface area contributed by atoms with Gasteiger partial charge in [-0.25, -0.2) is 9.97 Å². The summed E-state index contributed by atoms with van der Waals surface area (Å²) < 4.78 is 24.8. The Bertz CT molecular complexity index is 1060. The molecule has 30 heavy (non-hydrogen) atoms. The molecule has 0 saturated carbocycles. The first-order valence-corrected chi connectivity index (χ1v) is 10.3. The van der Waals surface area contributed by atoms with Crippen molar-refractivity contribution in [3.8, 4) is 17.2 Å². The van der Waals surface area contributed by atoms with Crippen molar-refractivity contribution in [1.29, 1.82) is 0 Å². The average Bonchev–Trinajstić information content (AvgIpc) is 3.21. The van der Waals surface area contributed by atoms with Crippen LogP contribution in [0.3, 0.4) is 0 Å². The van der Waals surface area contributed by atoms with E-state index in [9.17, 15) is 9.18 Å². The Morgan fingerprint density at radius 1 is 1.30 bits per heavy atom. The van der Waals surface area contributed by atoms with Crippen molar-refractivity contribution in [1.82, 2.24) is 15.3 Å². The highest BCUT2D eigenvalue weighted by Crippen LogP contribution is 2.41. The molecule has 1 aromatic carbocycles. The van der Waals surface area contributed by atoms with Gasteiger partial charge in [-0.3, -0.25) is 4.79 Å². The number of methoxy groups -OCH3 is 1. The van der Waals surface area contributed by atoms with Crippen LogP contribution >= 0.6 is 11.3 Å². The number of rotatable bonds is 6. The highest BCUT2D eigenvalue weighted by atomic mass is 32.1. The zero-order valence-corrected chi connectivity index (χ0v) is 17.4. The Labute approximate surface area is 177 Å². The van der Waals surface area contributed by atoms with Crippen molar-refractivity contribution in [2.75, 3.05) is 19.0 Å². The largest absolute Gasteiger partial charge is 0.493 e. The molecule has 0 saturated heterocycles. The lowest BCUT2D eigenvalue weighted by Gasteiger charge is -2.37. The van der Waals surface area contributed by atoms with Gasteiger partial charge in [0.2, 0.25) is 11.9 Å². The van der Waals surface area contributed by atoms with Gasteiger partial charge in [0.1, 0.15) is 5.75 Å². The third kappa shape index (κ3) is 4.27. The number of anilines is 1. The number of ether oxygens (including phenoxy) is 2. The van der Waals surface area contributed by atoms with E-state index in [2.05, 4.69) is 20.6 Å². The Hall–Kier alpha value is -3.04. The highest BCUT2D eigenvalue weighted by molar-refractivity contribution is 7.13. The molecule has 3 heterocycles. The smallest absolute Gasteiger partial charge is 0.228 e. The van der Waals surface area contributed by atoms with Gasteiger partial charge in [-0.15, -0.1) is 11.3 Å². The van der Waals surface area contributed by atoms with Gasteiger partial charge in [0.15, 0.2) is 16.6 Å². The average molecular weight is 428 g/mol. The number of hydrogen-bond acceptors (Lipinski definition) is 7. The van der Waals surface area contributed by atoms with E-state index in [1.807, 2.05) is 24.4 Å². The lowest BCUT2D eigenvalue weighted by molar-refractivity contribution is -0.117. The molecule has 0 fully saturated rings. The van der Waals surface area contributed by atoms with Crippen LogP contribution in [-0.4, -0.2) is 29.5 Å². The number of amides is 1. The van der Waals surface area contributed by atoms with Gasteiger partial charge < -0.3 is 20.1 Å². The molecular formula is C21H21FN4O3S. The molecule has 9 heteroatoms. The fourth-order valence-electron chi connectivity index (χ4n) is 3.63. The monoisotopic (exact) mass is 428 g/mol. The molecule has 2 N–H and O–H groups in total. The van der Waals surface area contributed by atoms with E-state index in [0.717, 1.165) is 24.1 Å². The van der Waals surface area contributed by atoms with E-state index in [0.29, 0.717) is 22.4 Å². The number of pyridine rings is 1. The quantitative estimate of drug-likeness (QED) is 0.580. The Morgan fingerprint density at radius 2 is 2.17 bits per heavy atom. The molecule has 4 rings (SSSR count). The first-order valence-electron chi connectivity index (χ1n) is 9.42. The molecule has 1 unspecified atom stereocenters. The molecule has 0 radical (unpaired) electrons. The van der Waals surface area contributed by atoms with Crippen LogP contribution in [0.1, 0.15) is 24.5 Å². The van der Waals surface area contributed by atoms with E-state index in [4.69, 9.17) is 9.47 Å².